The van der Waals surface area contributed by atoms with Gasteiger partial charge in [-0.25, -0.2) is 0 Å². The molecule has 1 atom stereocenters. The topological polar surface area (TPSA) is 41.1 Å². The summed E-state index contributed by atoms with van der Waals surface area (Å²) >= 11 is 1.90. The second-order valence-electron chi connectivity index (χ2n) is 5.28. The van der Waals surface area contributed by atoms with Gasteiger partial charge in [-0.2, -0.15) is 11.8 Å². The predicted molar refractivity (Wildman–Crippen MR) is 87.1 cm³/mol. The normalized spacial score (nSPS) is 18.1. The molecule has 1 aliphatic heterocycles. The highest BCUT2D eigenvalue weighted by Gasteiger charge is 2.15. The summed E-state index contributed by atoms with van der Waals surface area (Å²) in [6.45, 7) is 4.33. The Bertz CT molecular complexity index is 430. The first-order chi connectivity index (χ1) is 9.78. The largest absolute Gasteiger partial charge is 0.326 e. The second kappa shape index (κ2) is 8.32. The van der Waals surface area contributed by atoms with Crippen LogP contribution < -0.4 is 10.6 Å². The quantitative estimate of drug-likeness (QED) is 0.810. The van der Waals surface area contributed by atoms with E-state index in [4.69, 9.17) is 0 Å². The lowest BCUT2D eigenvalue weighted by Gasteiger charge is -2.09. The van der Waals surface area contributed by atoms with Crippen molar-refractivity contribution in [1.82, 2.24) is 5.32 Å². The molecular weight excluding hydrogens is 268 g/mol. The van der Waals surface area contributed by atoms with Crippen molar-refractivity contribution in [2.24, 2.45) is 5.92 Å². The van der Waals surface area contributed by atoms with Crippen molar-refractivity contribution in [2.45, 2.75) is 31.9 Å². The number of benzene rings is 1. The molecule has 20 heavy (non-hydrogen) atoms. The van der Waals surface area contributed by atoms with Gasteiger partial charge in [0.1, 0.15) is 0 Å². The van der Waals surface area contributed by atoms with Crippen LogP contribution >= 0.6 is 11.8 Å². The predicted octanol–water partition coefficient (Wildman–Crippen LogP) is 3.27. The highest BCUT2D eigenvalue weighted by atomic mass is 32.2. The minimum absolute atomic E-state index is 0.136. The third-order valence-electron chi connectivity index (χ3n) is 3.63. The van der Waals surface area contributed by atoms with E-state index in [0.717, 1.165) is 36.7 Å². The molecular formula is C16H24N2OS. The minimum atomic E-state index is 0.136. The molecule has 110 valence electrons. The van der Waals surface area contributed by atoms with Gasteiger partial charge in [0, 0.05) is 17.9 Å². The molecule has 1 saturated heterocycles. The van der Waals surface area contributed by atoms with Crippen LogP contribution in [0.15, 0.2) is 24.3 Å². The second-order valence-corrected chi connectivity index (χ2v) is 6.56. The number of nitrogens with one attached hydrogen (secondary N) is 2. The molecule has 3 nitrogen and oxygen atoms in total. The Balaban J connectivity index is 1.77. The van der Waals surface area contributed by atoms with Crippen LogP contribution in [0.25, 0.3) is 0 Å². The fourth-order valence-corrected chi connectivity index (χ4v) is 3.10. The van der Waals surface area contributed by atoms with Gasteiger partial charge in [-0.1, -0.05) is 19.1 Å². The molecule has 0 saturated carbocycles. The maximum Gasteiger partial charge on any atom is 0.224 e. The molecule has 1 heterocycles. The van der Waals surface area contributed by atoms with Crippen molar-refractivity contribution < 1.29 is 4.79 Å². The Hall–Kier alpha value is -1.00. The van der Waals surface area contributed by atoms with Gasteiger partial charge in [-0.15, -0.1) is 0 Å². The summed E-state index contributed by atoms with van der Waals surface area (Å²) in [5.41, 5.74) is 2.20. The molecule has 0 aromatic heterocycles. The molecule has 2 N–H and O–H groups in total. The monoisotopic (exact) mass is 292 g/mol. The van der Waals surface area contributed by atoms with Crippen molar-refractivity contribution >= 4 is 23.4 Å². The Morgan fingerprint density at radius 2 is 2.40 bits per heavy atom. The number of amides is 1. The van der Waals surface area contributed by atoms with Crippen molar-refractivity contribution in [3.05, 3.63) is 29.8 Å². The lowest BCUT2D eigenvalue weighted by atomic mass is 10.0. The number of thioether (sulfide) groups is 1. The van der Waals surface area contributed by atoms with Crippen LogP contribution in [-0.2, 0) is 10.5 Å². The van der Waals surface area contributed by atoms with Gasteiger partial charge in [0.2, 0.25) is 5.91 Å². The molecule has 1 aromatic carbocycles. The number of hydrogen-bond acceptors (Lipinski definition) is 3. The summed E-state index contributed by atoms with van der Waals surface area (Å²) < 4.78 is 0. The molecule has 0 aliphatic carbocycles. The maximum atomic E-state index is 12.0. The van der Waals surface area contributed by atoms with Gasteiger partial charge >= 0.3 is 0 Å². The summed E-state index contributed by atoms with van der Waals surface area (Å²) in [7, 11) is 0. The molecule has 0 bridgehead atoms. The van der Waals surface area contributed by atoms with Gasteiger partial charge in [0.15, 0.2) is 0 Å². The molecule has 4 heteroatoms. The number of rotatable bonds is 7. The summed E-state index contributed by atoms with van der Waals surface area (Å²) in [4.78, 5) is 12.0. The van der Waals surface area contributed by atoms with E-state index in [1.807, 2.05) is 23.9 Å². The molecule has 0 spiro atoms. The van der Waals surface area contributed by atoms with Crippen LogP contribution in [0.3, 0.4) is 0 Å². The Kier molecular flexibility index (Phi) is 6.40. The van der Waals surface area contributed by atoms with E-state index < -0.39 is 0 Å². The molecule has 2 rings (SSSR count). The van der Waals surface area contributed by atoms with E-state index in [2.05, 4.69) is 29.7 Å². The Morgan fingerprint density at radius 1 is 1.50 bits per heavy atom. The summed E-state index contributed by atoms with van der Waals surface area (Å²) in [5.74, 6) is 2.94. The third-order valence-corrected chi connectivity index (χ3v) is 4.57. The average molecular weight is 292 g/mol. The van der Waals surface area contributed by atoms with Crippen molar-refractivity contribution in [2.75, 3.05) is 24.2 Å². The zero-order valence-corrected chi connectivity index (χ0v) is 13.0. The van der Waals surface area contributed by atoms with E-state index >= 15 is 0 Å². The van der Waals surface area contributed by atoms with Crippen molar-refractivity contribution in [1.29, 1.82) is 0 Å². The summed E-state index contributed by atoms with van der Waals surface area (Å²) in [5, 5.41) is 6.35. The molecule has 0 radical (unpaired) electrons. The fourth-order valence-electron chi connectivity index (χ4n) is 2.48. The first-order valence-corrected chi connectivity index (χ1v) is 8.60. The zero-order chi connectivity index (χ0) is 14.2. The fraction of sp³-hybridized carbons (Fsp3) is 0.562. The van der Waals surface area contributed by atoms with Crippen molar-refractivity contribution in [3.63, 3.8) is 0 Å². The van der Waals surface area contributed by atoms with E-state index in [9.17, 15) is 4.79 Å². The molecule has 1 aromatic rings. The van der Waals surface area contributed by atoms with Gasteiger partial charge in [-0.3, -0.25) is 4.79 Å². The number of hydrogen-bond donors (Lipinski definition) is 2. The van der Waals surface area contributed by atoms with Crippen LogP contribution in [0.2, 0.25) is 0 Å². The molecule has 1 fully saturated rings. The molecule has 1 unspecified atom stereocenters. The van der Waals surface area contributed by atoms with Gasteiger partial charge in [-0.05, 0) is 55.3 Å². The van der Waals surface area contributed by atoms with Gasteiger partial charge < -0.3 is 10.6 Å². The van der Waals surface area contributed by atoms with E-state index in [1.54, 1.807) is 0 Å². The van der Waals surface area contributed by atoms with Crippen LogP contribution in [0, 0.1) is 5.92 Å². The first-order valence-electron chi connectivity index (χ1n) is 7.45. The molecule has 1 amide bonds. The van der Waals surface area contributed by atoms with E-state index in [0.29, 0.717) is 12.3 Å². The maximum absolute atomic E-state index is 12.0. The Labute approximate surface area is 125 Å². The number of anilines is 1. The standard InChI is InChI=1S/C16H24N2OS/c1-2-20-12-14-4-3-5-15(10-14)18-16(19)7-6-13-8-9-17-11-13/h3-5,10,13,17H,2,6-9,11-12H2,1H3,(H,18,19). The number of carbonyl (C=O) groups excluding carboxylic acids is 1. The third kappa shape index (κ3) is 5.17. The van der Waals surface area contributed by atoms with Crippen LogP contribution in [0.4, 0.5) is 5.69 Å². The van der Waals surface area contributed by atoms with E-state index in [1.165, 1.54) is 12.0 Å². The van der Waals surface area contributed by atoms with Crippen LogP contribution in [0.5, 0.6) is 0 Å². The summed E-state index contributed by atoms with van der Waals surface area (Å²) in [6.07, 6.45) is 2.82. The smallest absolute Gasteiger partial charge is 0.224 e. The summed E-state index contributed by atoms with van der Waals surface area (Å²) in [6, 6.07) is 8.18. The van der Waals surface area contributed by atoms with Crippen molar-refractivity contribution in [3.8, 4) is 0 Å². The first kappa shape index (κ1) is 15.4. The lowest BCUT2D eigenvalue weighted by molar-refractivity contribution is -0.116. The number of carbonyl (C=O) groups is 1. The van der Waals surface area contributed by atoms with Crippen LogP contribution in [-0.4, -0.2) is 24.7 Å². The molecule has 1 aliphatic rings. The highest BCUT2D eigenvalue weighted by Crippen LogP contribution is 2.18. The highest BCUT2D eigenvalue weighted by molar-refractivity contribution is 7.98. The SMILES string of the molecule is CCSCc1cccc(NC(=O)CCC2CCNC2)c1. The minimum Gasteiger partial charge on any atom is -0.326 e. The average Bonchev–Trinajstić information content (AvgIpc) is 2.97. The zero-order valence-electron chi connectivity index (χ0n) is 12.2. The van der Waals surface area contributed by atoms with Gasteiger partial charge in [0.05, 0.1) is 0 Å². The Morgan fingerprint density at radius 3 is 3.15 bits per heavy atom. The van der Waals surface area contributed by atoms with Gasteiger partial charge in [0.25, 0.3) is 0 Å². The van der Waals surface area contributed by atoms with Crippen LogP contribution in [0.1, 0.15) is 31.7 Å². The van der Waals surface area contributed by atoms with E-state index in [-0.39, 0.29) is 5.91 Å². The lowest BCUT2D eigenvalue weighted by Crippen LogP contribution is -2.15.